The minimum Gasteiger partial charge on any atom is -0.482 e. The van der Waals surface area contributed by atoms with E-state index in [1.54, 1.807) is 10.9 Å². The van der Waals surface area contributed by atoms with Gasteiger partial charge in [-0.1, -0.05) is 6.92 Å². The molecule has 1 N–H and O–H groups in total. The molecule has 0 unspecified atom stereocenters. The Morgan fingerprint density at radius 1 is 1.47 bits per heavy atom. The van der Waals surface area contributed by atoms with E-state index in [1.165, 1.54) is 0 Å². The third-order valence-corrected chi connectivity index (χ3v) is 2.85. The standard InChI is InChI=1S/C14H21N3O2/c1-4-5-15-8-14-11(2)6-12(19-14)10-18-13-7-16-17(3)9-13/h6-7,9,15H,4-5,8,10H2,1-3H3. The van der Waals surface area contributed by atoms with Crippen LogP contribution >= 0.6 is 0 Å². The van der Waals surface area contributed by atoms with E-state index in [0.717, 1.165) is 42.3 Å². The summed E-state index contributed by atoms with van der Waals surface area (Å²) in [6.07, 6.45) is 4.65. The van der Waals surface area contributed by atoms with Crippen molar-refractivity contribution in [2.24, 2.45) is 7.05 Å². The van der Waals surface area contributed by atoms with Crippen molar-refractivity contribution in [2.75, 3.05) is 6.54 Å². The summed E-state index contributed by atoms with van der Waals surface area (Å²) in [6.45, 7) is 6.41. The lowest BCUT2D eigenvalue weighted by Crippen LogP contribution is -2.13. The van der Waals surface area contributed by atoms with E-state index in [0.29, 0.717) is 6.61 Å². The average Bonchev–Trinajstić information content (AvgIpc) is 2.94. The van der Waals surface area contributed by atoms with E-state index >= 15 is 0 Å². The highest BCUT2D eigenvalue weighted by molar-refractivity contribution is 5.20. The molecule has 0 saturated heterocycles. The van der Waals surface area contributed by atoms with Crippen LogP contribution in [0, 0.1) is 6.92 Å². The van der Waals surface area contributed by atoms with Gasteiger partial charge in [0, 0.05) is 7.05 Å². The number of rotatable bonds is 7. The molecule has 2 aromatic rings. The average molecular weight is 263 g/mol. The highest BCUT2D eigenvalue weighted by Gasteiger charge is 2.08. The van der Waals surface area contributed by atoms with Crippen molar-refractivity contribution in [3.8, 4) is 5.75 Å². The second-order valence-corrected chi connectivity index (χ2v) is 4.63. The van der Waals surface area contributed by atoms with Crippen LogP contribution in [0.5, 0.6) is 5.75 Å². The maximum atomic E-state index is 5.77. The zero-order chi connectivity index (χ0) is 13.7. The first kappa shape index (κ1) is 13.7. The Morgan fingerprint density at radius 3 is 3.00 bits per heavy atom. The molecule has 104 valence electrons. The number of nitrogens with zero attached hydrogens (tertiary/aromatic N) is 2. The maximum Gasteiger partial charge on any atom is 0.157 e. The Hall–Kier alpha value is -1.75. The lowest BCUT2D eigenvalue weighted by Gasteiger charge is -2.01. The van der Waals surface area contributed by atoms with Crippen molar-refractivity contribution in [3.05, 3.63) is 35.5 Å². The van der Waals surface area contributed by atoms with Crippen LogP contribution in [0.2, 0.25) is 0 Å². The highest BCUT2D eigenvalue weighted by atomic mass is 16.5. The van der Waals surface area contributed by atoms with E-state index in [2.05, 4.69) is 24.3 Å². The molecule has 0 atom stereocenters. The van der Waals surface area contributed by atoms with Crippen molar-refractivity contribution in [2.45, 2.75) is 33.4 Å². The van der Waals surface area contributed by atoms with Crippen LogP contribution in [0.1, 0.15) is 30.4 Å². The van der Waals surface area contributed by atoms with E-state index < -0.39 is 0 Å². The van der Waals surface area contributed by atoms with Gasteiger partial charge in [-0.2, -0.15) is 5.10 Å². The SMILES string of the molecule is CCCNCc1oc(COc2cnn(C)c2)cc1C. The number of hydrogen-bond donors (Lipinski definition) is 1. The number of furan rings is 1. The topological polar surface area (TPSA) is 52.2 Å². The number of nitrogens with one attached hydrogen (secondary N) is 1. The van der Waals surface area contributed by atoms with Crippen molar-refractivity contribution < 1.29 is 9.15 Å². The molecule has 0 aliphatic carbocycles. The van der Waals surface area contributed by atoms with Crippen LogP contribution in [-0.2, 0) is 20.2 Å². The molecule has 0 aliphatic heterocycles. The Balaban J connectivity index is 1.88. The fourth-order valence-electron chi connectivity index (χ4n) is 1.84. The molecule has 0 fully saturated rings. The van der Waals surface area contributed by atoms with E-state index in [1.807, 2.05) is 19.3 Å². The molecule has 19 heavy (non-hydrogen) atoms. The maximum absolute atomic E-state index is 5.77. The van der Waals surface area contributed by atoms with Gasteiger partial charge in [0.15, 0.2) is 5.75 Å². The van der Waals surface area contributed by atoms with Crippen LogP contribution in [0.4, 0.5) is 0 Å². The van der Waals surface area contributed by atoms with Crippen LogP contribution < -0.4 is 10.1 Å². The third kappa shape index (κ3) is 3.86. The molecule has 0 aliphatic rings. The molecule has 5 nitrogen and oxygen atoms in total. The van der Waals surface area contributed by atoms with Gasteiger partial charge in [0.05, 0.1) is 18.9 Å². The van der Waals surface area contributed by atoms with Gasteiger partial charge >= 0.3 is 0 Å². The molecule has 2 aromatic heterocycles. The van der Waals surface area contributed by atoms with Gasteiger partial charge in [0.2, 0.25) is 0 Å². The predicted molar refractivity (Wildman–Crippen MR) is 73.0 cm³/mol. The Morgan fingerprint density at radius 2 is 2.32 bits per heavy atom. The zero-order valence-electron chi connectivity index (χ0n) is 11.8. The quantitative estimate of drug-likeness (QED) is 0.779. The van der Waals surface area contributed by atoms with E-state index in [4.69, 9.17) is 9.15 Å². The number of aromatic nitrogens is 2. The first-order valence-electron chi connectivity index (χ1n) is 6.59. The van der Waals surface area contributed by atoms with Gasteiger partial charge in [-0.15, -0.1) is 0 Å². The summed E-state index contributed by atoms with van der Waals surface area (Å²) in [5.74, 6) is 2.58. The van der Waals surface area contributed by atoms with Gasteiger partial charge in [-0.3, -0.25) is 4.68 Å². The summed E-state index contributed by atoms with van der Waals surface area (Å²) in [4.78, 5) is 0. The van der Waals surface area contributed by atoms with Crippen LogP contribution in [-0.4, -0.2) is 16.3 Å². The minimum atomic E-state index is 0.431. The molecule has 0 spiro atoms. The summed E-state index contributed by atoms with van der Waals surface area (Å²) < 4.78 is 13.1. The summed E-state index contributed by atoms with van der Waals surface area (Å²) in [5, 5.41) is 7.39. The molecule has 5 heteroatoms. The van der Waals surface area contributed by atoms with Crippen molar-refractivity contribution in [3.63, 3.8) is 0 Å². The summed E-state index contributed by atoms with van der Waals surface area (Å²) >= 11 is 0. The largest absolute Gasteiger partial charge is 0.482 e. The molecule has 0 aromatic carbocycles. The summed E-state index contributed by atoms with van der Waals surface area (Å²) in [6, 6.07) is 2.03. The fraction of sp³-hybridized carbons (Fsp3) is 0.500. The second-order valence-electron chi connectivity index (χ2n) is 4.63. The normalized spacial score (nSPS) is 10.9. The van der Waals surface area contributed by atoms with Gasteiger partial charge in [0.25, 0.3) is 0 Å². The van der Waals surface area contributed by atoms with Crippen LogP contribution in [0.25, 0.3) is 0 Å². The van der Waals surface area contributed by atoms with Crippen molar-refractivity contribution >= 4 is 0 Å². The molecule has 0 saturated carbocycles. The molecule has 0 amide bonds. The van der Waals surface area contributed by atoms with Gasteiger partial charge in [-0.05, 0) is 31.5 Å². The fourth-order valence-corrected chi connectivity index (χ4v) is 1.84. The lowest BCUT2D eigenvalue weighted by atomic mass is 10.2. The summed E-state index contributed by atoms with van der Waals surface area (Å²) in [5.41, 5.74) is 1.16. The van der Waals surface area contributed by atoms with E-state index in [-0.39, 0.29) is 0 Å². The van der Waals surface area contributed by atoms with E-state index in [9.17, 15) is 0 Å². The number of hydrogen-bond acceptors (Lipinski definition) is 4. The highest BCUT2D eigenvalue weighted by Crippen LogP contribution is 2.17. The zero-order valence-corrected chi connectivity index (χ0v) is 11.8. The van der Waals surface area contributed by atoms with Crippen molar-refractivity contribution in [1.82, 2.24) is 15.1 Å². The summed E-state index contributed by atoms with van der Waals surface area (Å²) in [7, 11) is 1.86. The third-order valence-electron chi connectivity index (χ3n) is 2.85. The number of ether oxygens (including phenoxy) is 1. The van der Waals surface area contributed by atoms with Gasteiger partial charge in [-0.25, -0.2) is 0 Å². The smallest absolute Gasteiger partial charge is 0.157 e. The van der Waals surface area contributed by atoms with Gasteiger partial charge in [0.1, 0.15) is 18.1 Å². The molecule has 2 rings (SSSR count). The van der Waals surface area contributed by atoms with Crippen molar-refractivity contribution in [1.29, 1.82) is 0 Å². The first-order valence-corrected chi connectivity index (χ1v) is 6.59. The molecule has 0 radical (unpaired) electrons. The monoisotopic (exact) mass is 263 g/mol. The second kappa shape index (κ2) is 6.43. The molecule has 0 bridgehead atoms. The minimum absolute atomic E-state index is 0.431. The molecular formula is C14H21N3O2. The first-order chi connectivity index (χ1) is 9.19. The Bertz CT molecular complexity index is 516. The molecule has 2 heterocycles. The van der Waals surface area contributed by atoms with Crippen LogP contribution in [0.15, 0.2) is 22.9 Å². The Labute approximate surface area is 113 Å². The number of aryl methyl sites for hydroxylation is 2. The predicted octanol–water partition coefficient (Wildman–Crippen LogP) is 2.40. The van der Waals surface area contributed by atoms with Gasteiger partial charge < -0.3 is 14.5 Å². The molecular weight excluding hydrogens is 242 g/mol. The Kier molecular flexibility index (Phi) is 4.63. The lowest BCUT2D eigenvalue weighted by molar-refractivity contribution is 0.265. The van der Waals surface area contributed by atoms with Crippen LogP contribution in [0.3, 0.4) is 0 Å².